The van der Waals surface area contributed by atoms with Crippen molar-refractivity contribution < 1.29 is 27.8 Å². The van der Waals surface area contributed by atoms with Gasteiger partial charge in [-0.15, -0.1) is 5.10 Å². The summed E-state index contributed by atoms with van der Waals surface area (Å²) in [5.41, 5.74) is 2.41. The number of hydrogen-bond donors (Lipinski definition) is 1. The van der Waals surface area contributed by atoms with E-state index in [2.05, 4.69) is 10.3 Å². The second-order valence-electron chi connectivity index (χ2n) is 11.2. The SMILES string of the molecule is COc1cc(C2C(C(=O)OC3CCCCC3)=C(C)Nc3nc(SCc4ccccc4F)nn32)ccc1OCc1c(F)cccc1Cl. The molecular formula is C34H33ClF2N4O4S. The monoisotopic (exact) mass is 666 g/mol. The van der Waals surface area contributed by atoms with Gasteiger partial charge in [-0.05, 0) is 74.1 Å². The summed E-state index contributed by atoms with van der Waals surface area (Å²) in [6, 6.07) is 15.6. The van der Waals surface area contributed by atoms with E-state index < -0.39 is 17.8 Å². The van der Waals surface area contributed by atoms with Crippen molar-refractivity contribution in [3.8, 4) is 11.5 Å². The van der Waals surface area contributed by atoms with E-state index >= 15 is 0 Å². The number of anilines is 1. The Morgan fingerprint density at radius 1 is 1.04 bits per heavy atom. The number of rotatable bonds is 10. The lowest BCUT2D eigenvalue weighted by Crippen LogP contribution is -2.32. The molecular weight excluding hydrogens is 634 g/mol. The topological polar surface area (TPSA) is 87.5 Å². The Morgan fingerprint density at radius 2 is 1.83 bits per heavy atom. The number of fused-ring (bicyclic) bond motifs is 1. The Labute approximate surface area is 275 Å². The van der Waals surface area contributed by atoms with E-state index in [4.69, 9.17) is 30.9 Å². The third-order valence-electron chi connectivity index (χ3n) is 8.13. The van der Waals surface area contributed by atoms with Crippen molar-refractivity contribution in [2.75, 3.05) is 12.4 Å². The maximum Gasteiger partial charge on any atom is 0.338 e. The van der Waals surface area contributed by atoms with E-state index in [-0.39, 0.29) is 29.1 Å². The zero-order valence-corrected chi connectivity index (χ0v) is 27.0. The van der Waals surface area contributed by atoms with Gasteiger partial charge in [-0.2, -0.15) is 4.98 Å². The number of carbonyl (C=O) groups excluding carboxylic acids is 1. The molecule has 6 rings (SSSR count). The highest BCUT2D eigenvalue weighted by atomic mass is 35.5. The Bertz CT molecular complexity index is 1760. The maximum absolute atomic E-state index is 14.4. The number of esters is 1. The highest BCUT2D eigenvalue weighted by Gasteiger charge is 2.37. The van der Waals surface area contributed by atoms with Crippen LogP contribution in [0.5, 0.6) is 11.5 Å². The molecule has 8 nitrogen and oxygen atoms in total. The van der Waals surface area contributed by atoms with Crippen LogP contribution in [-0.4, -0.2) is 33.9 Å². The van der Waals surface area contributed by atoms with E-state index in [0.717, 1.165) is 32.1 Å². The first-order chi connectivity index (χ1) is 22.3. The number of methoxy groups -OCH3 is 1. The molecule has 1 atom stereocenters. The summed E-state index contributed by atoms with van der Waals surface area (Å²) >= 11 is 7.49. The summed E-state index contributed by atoms with van der Waals surface area (Å²) in [6.07, 6.45) is 4.67. The molecule has 4 aromatic rings. The molecule has 0 spiro atoms. The molecule has 46 heavy (non-hydrogen) atoms. The molecule has 1 aliphatic carbocycles. The van der Waals surface area contributed by atoms with Gasteiger partial charge in [0, 0.05) is 17.0 Å². The van der Waals surface area contributed by atoms with Crippen LogP contribution in [0, 0.1) is 11.6 Å². The molecule has 1 saturated carbocycles. The number of hydrogen-bond acceptors (Lipinski definition) is 8. The number of ether oxygens (including phenoxy) is 3. The molecule has 2 heterocycles. The number of nitrogens with one attached hydrogen (secondary N) is 1. The van der Waals surface area contributed by atoms with Gasteiger partial charge in [0.25, 0.3) is 0 Å². The fourth-order valence-corrected chi connectivity index (χ4v) is 6.75. The third kappa shape index (κ3) is 6.85. The third-order valence-corrected chi connectivity index (χ3v) is 9.37. The van der Waals surface area contributed by atoms with Gasteiger partial charge in [0.05, 0.1) is 17.7 Å². The minimum Gasteiger partial charge on any atom is -0.493 e. The predicted molar refractivity (Wildman–Crippen MR) is 172 cm³/mol. The Hall–Kier alpha value is -4.09. The number of carbonyl (C=O) groups is 1. The number of allylic oxidation sites excluding steroid dienone is 1. The Kier molecular flexibility index (Phi) is 9.79. The van der Waals surface area contributed by atoms with Crippen LogP contribution in [0.25, 0.3) is 0 Å². The highest BCUT2D eigenvalue weighted by Crippen LogP contribution is 2.41. The number of aromatic nitrogens is 3. The lowest BCUT2D eigenvalue weighted by atomic mass is 9.94. The predicted octanol–water partition coefficient (Wildman–Crippen LogP) is 8.25. The fraction of sp³-hybridized carbons (Fsp3) is 0.324. The van der Waals surface area contributed by atoms with Crippen LogP contribution in [0.1, 0.15) is 61.8 Å². The summed E-state index contributed by atoms with van der Waals surface area (Å²) in [4.78, 5) is 18.5. The van der Waals surface area contributed by atoms with Gasteiger partial charge in [0.1, 0.15) is 30.4 Å². The largest absolute Gasteiger partial charge is 0.493 e. The zero-order valence-electron chi connectivity index (χ0n) is 25.4. The van der Waals surface area contributed by atoms with Crippen LogP contribution in [0.15, 0.2) is 77.1 Å². The van der Waals surface area contributed by atoms with E-state index in [1.165, 1.54) is 37.1 Å². The van der Waals surface area contributed by atoms with E-state index in [9.17, 15) is 13.6 Å². The quantitative estimate of drug-likeness (QED) is 0.134. The molecule has 3 aromatic carbocycles. The Morgan fingerprint density at radius 3 is 2.59 bits per heavy atom. The minimum absolute atomic E-state index is 0.109. The van der Waals surface area contributed by atoms with Gasteiger partial charge in [-0.25, -0.2) is 18.3 Å². The molecule has 1 fully saturated rings. The molecule has 1 unspecified atom stereocenters. The van der Waals surface area contributed by atoms with Crippen LogP contribution in [0.3, 0.4) is 0 Å². The molecule has 1 N–H and O–H groups in total. The second kappa shape index (κ2) is 14.1. The molecule has 0 amide bonds. The van der Waals surface area contributed by atoms with E-state index in [1.54, 1.807) is 47.1 Å². The maximum atomic E-state index is 14.4. The number of benzene rings is 3. The summed E-state index contributed by atoms with van der Waals surface area (Å²) < 4.78 is 48.0. The average Bonchev–Trinajstić information content (AvgIpc) is 3.46. The molecule has 1 aliphatic heterocycles. The van der Waals surface area contributed by atoms with Crippen molar-refractivity contribution in [3.05, 3.63) is 105 Å². The summed E-state index contributed by atoms with van der Waals surface area (Å²) in [7, 11) is 1.50. The van der Waals surface area contributed by atoms with Crippen molar-refractivity contribution in [2.45, 2.75) is 68.7 Å². The van der Waals surface area contributed by atoms with Gasteiger partial charge in [0.2, 0.25) is 11.1 Å². The molecule has 1 aromatic heterocycles. The molecule has 12 heteroatoms. The lowest BCUT2D eigenvalue weighted by molar-refractivity contribution is -0.146. The fourth-order valence-electron chi connectivity index (χ4n) is 5.71. The number of thioether (sulfide) groups is 1. The second-order valence-corrected chi connectivity index (χ2v) is 12.5. The molecule has 0 bridgehead atoms. The van der Waals surface area contributed by atoms with Gasteiger partial charge < -0.3 is 19.5 Å². The summed E-state index contributed by atoms with van der Waals surface area (Å²) in [5.74, 6) is 0.297. The van der Waals surface area contributed by atoms with Crippen LogP contribution in [-0.2, 0) is 21.9 Å². The minimum atomic E-state index is -0.716. The van der Waals surface area contributed by atoms with E-state index in [1.807, 2.05) is 6.92 Å². The highest BCUT2D eigenvalue weighted by molar-refractivity contribution is 7.98. The van der Waals surface area contributed by atoms with Gasteiger partial charge in [-0.1, -0.05) is 60.1 Å². The smallest absolute Gasteiger partial charge is 0.338 e. The first-order valence-electron chi connectivity index (χ1n) is 15.1. The normalized spacial score (nSPS) is 16.5. The van der Waals surface area contributed by atoms with E-state index in [0.29, 0.717) is 50.8 Å². The molecule has 0 saturated heterocycles. The average molecular weight is 667 g/mol. The first kappa shape index (κ1) is 31.9. The lowest BCUT2D eigenvalue weighted by Gasteiger charge is -2.30. The standard InChI is InChI=1S/C34H33ClF2N4O4S/c1-20-30(32(42)45-23-10-4-3-5-11-23)31(41-33(38-20)39-34(40-41)46-19-22-9-6-7-13-26(22)36)21-15-16-28(29(17-21)43-2)44-18-24-25(35)12-8-14-27(24)37/h6-9,12-17,23,31H,3-5,10-11,18-19H2,1-2H3,(H,38,39,40). The van der Waals surface area contributed by atoms with Crippen molar-refractivity contribution in [2.24, 2.45) is 0 Å². The van der Waals surface area contributed by atoms with Crippen molar-refractivity contribution in [3.63, 3.8) is 0 Å². The van der Waals surface area contributed by atoms with Gasteiger partial charge in [0.15, 0.2) is 11.5 Å². The Balaban J connectivity index is 1.33. The molecule has 2 aliphatic rings. The van der Waals surface area contributed by atoms with Crippen molar-refractivity contribution in [1.29, 1.82) is 0 Å². The van der Waals surface area contributed by atoms with Crippen LogP contribution in [0.4, 0.5) is 14.7 Å². The van der Waals surface area contributed by atoms with Crippen LogP contribution >= 0.6 is 23.4 Å². The first-order valence-corrected chi connectivity index (χ1v) is 16.4. The molecule has 240 valence electrons. The number of nitrogens with zero attached hydrogens (tertiary/aromatic N) is 3. The summed E-state index contributed by atoms with van der Waals surface area (Å²) in [6.45, 7) is 1.70. The van der Waals surface area contributed by atoms with Crippen molar-refractivity contribution >= 4 is 35.3 Å². The van der Waals surface area contributed by atoms with Crippen LogP contribution < -0.4 is 14.8 Å². The van der Waals surface area contributed by atoms with Crippen LogP contribution in [0.2, 0.25) is 5.02 Å². The van der Waals surface area contributed by atoms with Gasteiger partial charge >= 0.3 is 5.97 Å². The molecule has 0 radical (unpaired) electrons. The van der Waals surface area contributed by atoms with Gasteiger partial charge in [-0.3, -0.25) is 0 Å². The van der Waals surface area contributed by atoms with Crippen molar-refractivity contribution in [1.82, 2.24) is 14.8 Å². The zero-order chi connectivity index (χ0) is 32.2. The number of halogens is 3. The summed E-state index contributed by atoms with van der Waals surface area (Å²) in [5, 5.41) is 8.65.